The highest BCUT2D eigenvalue weighted by molar-refractivity contribution is 7.18. The lowest BCUT2D eigenvalue weighted by Crippen LogP contribution is -2.32. The first-order valence-electron chi connectivity index (χ1n) is 9.39. The van der Waals surface area contributed by atoms with Gasteiger partial charge in [-0.15, -0.1) is 11.3 Å². The Bertz CT molecular complexity index is 925. The van der Waals surface area contributed by atoms with Gasteiger partial charge in [-0.25, -0.2) is 4.98 Å². The molecule has 2 heterocycles. The number of benzene rings is 2. The minimum Gasteiger partial charge on any atom is -0.496 e. The molecule has 5 heteroatoms. The second-order valence-electron chi connectivity index (χ2n) is 7.15. The molecule has 1 aliphatic heterocycles. The zero-order chi connectivity index (χ0) is 18.8. The summed E-state index contributed by atoms with van der Waals surface area (Å²) in [4.78, 5) is 19.0. The number of hydrogen-bond acceptors (Lipinski definition) is 5. The average Bonchev–Trinajstić information content (AvgIpc) is 3.12. The lowest BCUT2D eigenvalue weighted by molar-refractivity contribution is 0.101. The number of ketones is 1. The van der Waals surface area contributed by atoms with Crippen molar-refractivity contribution in [2.75, 3.05) is 20.2 Å². The van der Waals surface area contributed by atoms with Crippen LogP contribution >= 0.6 is 11.3 Å². The first-order valence-corrected chi connectivity index (χ1v) is 10.2. The summed E-state index contributed by atoms with van der Waals surface area (Å²) < 4.78 is 6.78. The van der Waals surface area contributed by atoms with E-state index in [1.807, 2.05) is 29.5 Å². The fourth-order valence-electron chi connectivity index (χ4n) is 3.76. The summed E-state index contributed by atoms with van der Waals surface area (Å²) in [7, 11) is 1.69. The van der Waals surface area contributed by atoms with Crippen LogP contribution in [0.25, 0.3) is 10.2 Å². The molecule has 1 fully saturated rings. The predicted molar refractivity (Wildman–Crippen MR) is 110 cm³/mol. The van der Waals surface area contributed by atoms with Gasteiger partial charge in [0, 0.05) is 23.6 Å². The fourth-order valence-corrected chi connectivity index (χ4v) is 4.90. The second-order valence-corrected chi connectivity index (χ2v) is 8.22. The third-order valence-electron chi connectivity index (χ3n) is 5.33. The zero-order valence-electron chi connectivity index (χ0n) is 15.8. The number of fused-ring (bicyclic) bond motifs is 1. The van der Waals surface area contributed by atoms with Gasteiger partial charge in [-0.2, -0.15) is 0 Å². The van der Waals surface area contributed by atoms with E-state index in [0.29, 0.717) is 5.92 Å². The lowest BCUT2D eigenvalue weighted by Gasteiger charge is -2.31. The van der Waals surface area contributed by atoms with Gasteiger partial charge in [0.05, 0.1) is 22.3 Å². The van der Waals surface area contributed by atoms with E-state index in [1.165, 1.54) is 9.71 Å². The van der Waals surface area contributed by atoms with Gasteiger partial charge in [0.2, 0.25) is 0 Å². The molecule has 0 amide bonds. The van der Waals surface area contributed by atoms with Crippen LogP contribution in [0.2, 0.25) is 0 Å². The number of rotatable bonds is 5. The van der Waals surface area contributed by atoms with E-state index in [0.717, 1.165) is 54.9 Å². The van der Waals surface area contributed by atoms with Crippen LogP contribution in [0.5, 0.6) is 5.75 Å². The number of methoxy groups -OCH3 is 1. The van der Waals surface area contributed by atoms with Gasteiger partial charge in [-0.1, -0.05) is 12.1 Å². The number of likely N-dealkylation sites (tertiary alicyclic amines) is 1. The fraction of sp³-hybridized carbons (Fsp3) is 0.364. The third-order valence-corrected chi connectivity index (χ3v) is 6.53. The molecule has 0 unspecified atom stereocenters. The van der Waals surface area contributed by atoms with Crippen LogP contribution in [0.3, 0.4) is 0 Å². The summed E-state index contributed by atoms with van der Waals surface area (Å²) in [5, 5.41) is 1.27. The number of aromatic nitrogens is 1. The quantitative estimate of drug-likeness (QED) is 0.591. The van der Waals surface area contributed by atoms with Crippen LogP contribution in [0.4, 0.5) is 0 Å². The molecule has 3 aromatic rings. The molecule has 0 aliphatic carbocycles. The van der Waals surface area contributed by atoms with Crippen LogP contribution in [0, 0.1) is 0 Å². The molecule has 4 rings (SSSR count). The molecule has 0 bridgehead atoms. The Balaban J connectivity index is 1.43. The molecule has 1 aliphatic rings. The minimum absolute atomic E-state index is 0.0912. The molecule has 1 aromatic heterocycles. The predicted octanol–water partition coefficient (Wildman–Crippen LogP) is 4.89. The van der Waals surface area contributed by atoms with E-state index < -0.39 is 0 Å². The van der Waals surface area contributed by atoms with E-state index in [1.54, 1.807) is 14.0 Å². The van der Waals surface area contributed by atoms with Gasteiger partial charge in [-0.05, 0) is 63.2 Å². The van der Waals surface area contributed by atoms with Crippen LogP contribution in [0.1, 0.15) is 46.6 Å². The van der Waals surface area contributed by atoms with E-state index in [4.69, 9.17) is 9.72 Å². The smallest absolute Gasteiger partial charge is 0.159 e. The molecule has 27 heavy (non-hydrogen) atoms. The van der Waals surface area contributed by atoms with Crippen molar-refractivity contribution < 1.29 is 9.53 Å². The van der Waals surface area contributed by atoms with Crippen molar-refractivity contribution >= 4 is 27.3 Å². The summed E-state index contributed by atoms with van der Waals surface area (Å²) in [6.45, 7) is 4.49. The molecule has 0 N–H and O–H groups in total. The Labute approximate surface area is 163 Å². The summed E-state index contributed by atoms with van der Waals surface area (Å²) >= 11 is 1.83. The summed E-state index contributed by atoms with van der Waals surface area (Å²) in [6.07, 6.45) is 2.24. The standard InChI is InChI=1S/C22H24N2O2S/c1-15(25)17-7-8-20(26-2)18(13-17)14-24-11-9-16(10-12-24)22-23-19-5-3-4-6-21(19)27-22/h3-8,13,16H,9-12,14H2,1-2H3. The Morgan fingerprint density at radius 2 is 2.00 bits per heavy atom. The second kappa shape index (κ2) is 7.79. The minimum atomic E-state index is 0.0912. The van der Waals surface area contributed by atoms with Crippen LogP contribution in [-0.2, 0) is 6.54 Å². The van der Waals surface area contributed by atoms with Crippen molar-refractivity contribution in [3.05, 3.63) is 58.6 Å². The van der Waals surface area contributed by atoms with Crippen molar-refractivity contribution in [2.45, 2.75) is 32.2 Å². The highest BCUT2D eigenvalue weighted by Gasteiger charge is 2.24. The SMILES string of the molecule is COc1ccc(C(C)=O)cc1CN1CCC(c2nc3ccccc3s2)CC1. The van der Waals surface area contributed by atoms with Gasteiger partial charge < -0.3 is 4.74 Å². The number of nitrogens with zero attached hydrogens (tertiary/aromatic N) is 2. The molecule has 0 saturated carbocycles. The van der Waals surface area contributed by atoms with Gasteiger partial charge in [0.15, 0.2) is 5.78 Å². The van der Waals surface area contributed by atoms with Crippen molar-refractivity contribution in [3.63, 3.8) is 0 Å². The summed E-state index contributed by atoms with van der Waals surface area (Å²) in [5.74, 6) is 1.49. The van der Waals surface area contributed by atoms with E-state index in [9.17, 15) is 4.79 Å². The maximum atomic E-state index is 11.7. The van der Waals surface area contributed by atoms with E-state index >= 15 is 0 Å². The number of para-hydroxylation sites is 1. The highest BCUT2D eigenvalue weighted by atomic mass is 32.1. The Hall–Kier alpha value is -2.24. The Kier molecular flexibility index (Phi) is 5.23. The van der Waals surface area contributed by atoms with E-state index in [2.05, 4.69) is 29.2 Å². The zero-order valence-corrected chi connectivity index (χ0v) is 16.6. The topological polar surface area (TPSA) is 42.4 Å². The molecular formula is C22H24N2O2S. The van der Waals surface area contributed by atoms with Crippen LogP contribution in [-0.4, -0.2) is 35.9 Å². The molecule has 140 valence electrons. The summed E-state index contributed by atoms with van der Waals surface area (Å²) in [5.41, 5.74) is 2.95. The highest BCUT2D eigenvalue weighted by Crippen LogP contribution is 2.34. The molecule has 4 nitrogen and oxygen atoms in total. The van der Waals surface area contributed by atoms with E-state index in [-0.39, 0.29) is 5.78 Å². The number of hydrogen-bond donors (Lipinski definition) is 0. The summed E-state index contributed by atoms with van der Waals surface area (Å²) in [6, 6.07) is 14.1. The van der Waals surface area contributed by atoms with Crippen molar-refractivity contribution in [1.29, 1.82) is 0 Å². The number of piperidine rings is 1. The number of ether oxygens (including phenoxy) is 1. The molecule has 0 spiro atoms. The Morgan fingerprint density at radius 3 is 2.70 bits per heavy atom. The van der Waals surface area contributed by atoms with Crippen LogP contribution in [0.15, 0.2) is 42.5 Å². The largest absolute Gasteiger partial charge is 0.496 e. The number of carbonyl (C=O) groups excluding carboxylic acids is 1. The third kappa shape index (κ3) is 3.89. The van der Waals surface area contributed by atoms with Gasteiger partial charge in [0.25, 0.3) is 0 Å². The number of Topliss-reactive ketones (excluding diaryl/α,β-unsaturated/α-hetero) is 1. The lowest BCUT2D eigenvalue weighted by atomic mass is 9.97. The van der Waals surface area contributed by atoms with Gasteiger partial charge in [0.1, 0.15) is 5.75 Å². The monoisotopic (exact) mass is 380 g/mol. The Morgan fingerprint density at radius 1 is 1.22 bits per heavy atom. The first-order chi connectivity index (χ1) is 13.1. The van der Waals surface area contributed by atoms with Gasteiger partial charge in [-0.3, -0.25) is 9.69 Å². The molecular weight excluding hydrogens is 356 g/mol. The molecule has 1 saturated heterocycles. The van der Waals surface area contributed by atoms with Gasteiger partial charge >= 0.3 is 0 Å². The van der Waals surface area contributed by atoms with Crippen LogP contribution < -0.4 is 4.74 Å². The normalized spacial score (nSPS) is 15.9. The maximum Gasteiger partial charge on any atom is 0.159 e. The van der Waals surface area contributed by atoms with Crippen molar-refractivity contribution in [2.24, 2.45) is 0 Å². The molecule has 0 atom stereocenters. The maximum absolute atomic E-state index is 11.7. The van der Waals surface area contributed by atoms with Crippen molar-refractivity contribution in [1.82, 2.24) is 9.88 Å². The average molecular weight is 381 g/mol. The first kappa shape index (κ1) is 18.1. The number of carbonyl (C=O) groups is 1. The molecule has 2 aromatic carbocycles. The molecule has 0 radical (unpaired) electrons. The van der Waals surface area contributed by atoms with Crippen molar-refractivity contribution in [3.8, 4) is 5.75 Å². The number of thiazole rings is 1.